The Balaban J connectivity index is 1.15. The van der Waals surface area contributed by atoms with Crippen molar-refractivity contribution in [3.63, 3.8) is 0 Å². The Bertz CT molecular complexity index is 2790. The number of aromatic hydroxyl groups is 1. The minimum absolute atomic E-state index is 0.0543. The molecule has 3 aromatic rings. The van der Waals surface area contributed by atoms with Gasteiger partial charge in [-0.15, -0.1) is 0 Å². The number of nitrogens with one attached hydrogen (secondary N) is 2. The molecule has 11 atom stereocenters. The van der Waals surface area contributed by atoms with E-state index < -0.39 is 71.1 Å². The van der Waals surface area contributed by atoms with Crippen molar-refractivity contribution in [1.82, 2.24) is 10.6 Å². The van der Waals surface area contributed by atoms with Gasteiger partial charge in [-0.25, -0.2) is 0 Å². The second-order valence-electron chi connectivity index (χ2n) is 23.5. The summed E-state index contributed by atoms with van der Waals surface area (Å²) >= 11 is 0. The van der Waals surface area contributed by atoms with Crippen LogP contribution in [0.1, 0.15) is 149 Å². The Hall–Kier alpha value is -5.71. The van der Waals surface area contributed by atoms with Gasteiger partial charge in [-0.2, -0.15) is 0 Å². The zero-order valence-electron chi connectivity index (χ0n) is 46.0. The van der Waals surface area contributed by atoms with E-state index in [-0.39, 0.29) is 43.6 Å². The second kappa shape index (κ2) is 25.6. The summed E-state index contributed by atoms with van der Waals surface area (Å²) in [5, 5.41) is 77.6. The molecule has 1 spiro atoms. The summed E-state index contributed by atoms with van der Waals surface area (Å²) in [5.41, 5.74) is 24.6. The van der Waals surface area contributed by atoms with E-state index in [2.05, 4.69) is 35.2 Å². The van der Waals surface area contributed by atoms with Crippen molar-refractivity contribution in [3.8, 4) is 5.75 Å². The Morgan fingerprint density at radius 2 is 1.67 bits per heavy atom. The molecule has 2 aliphatic heterocycles. The van der Waals surface area contributed by atoms with E-state index in [1.54, 1.807) is 31.2 Å². The van der Waals surface area contributed by atoms with Crippen LogP contribution in [0, 0.1) is 29.1 Å². The maximum atomic E-state index is 15.1. The molecule has 1 amide bonds. The van der Waals surface area contributed by atoms with Gasteiger partial charge in [-0.1, -0.05) is 115 Å². The summed E-state index contributed by atoms with van der Waals surface area (Å²) in [6.45, 7) is 9.93. The number of β-amino-alcohol motifs (C(OH)–C–C–N with tert-alkyl or cyclic N) is 1. The number of phenols is 1. The van der Waals surface area contributed by atoms with Crippen LogP contribution in [-0.2, 0) is 28.9 Å². The molecule has 14 nitrogen and oxygen atoms in total. The number of nitrogens with zero attached hydrogens (tertiary/aromatic N) is 1. The molecule has 5 aliphatic rings. The molecule has 0 aromatic heterocycles. The molecule has 0 saturated heterocycles. The number of rotatable bonds is 12. The van der Waals surface area contributed by atoms with Crippen LogP contribution in [-0.4, -0.2) is 91.9 Å². The number of guanidine groups is 1. The second-order valence-corrected chi connectivity index (χ2v) is 23.5. The lowest BCUT2D eigenvalue weighted by atomic mass is 9.52. The standard InChI is InChI=1S/C64H86N6O8/c1-38(11-7-13-39(2)43-16-5-6-17-43)12-8-19-46(37-71)50-28-30-64(59(50)76)54-26-25-48(73)32-41-14-9-15-42(31-41)33-52(53(35-69-62(66)67)44-21-23-47(72)24-22-44)56(75)36-68-58-57-45(18-10-20-51(57)60(65)70-61(58)77)34-55(74)40(3)49(54)27-29-63(64,4)78/h8-10,12-15,18-24,31,43,48,50,52-54,56,58-60,68,71-73,75-76,78H,1,5-7,11,16-17,25-30,32-37,65H2,2-4H3,(H,70,77)(H4,66,67,69). The topological polar surface area (TPSA) is 270 Å². The number of phenolic OH excluding ortho intramolecular Hbond substituents is 1. The molecular formula is C64H86N6O8. The highest BCUT2D eigenvalue weighted by molar-refractivity contribution is 5.98. The summed E-state index contributed by atoms with van der Waals surface area (Å²) in [4.78, 5) is 33.6. The molecule has 420 valence electrons. The molecule has 0 radical (unpaired) electrons. The number of amides is 1. The molecule has 2 heterocycles. The predicted octanol–water partition coefficient (Wildman–Crippen LogP) is 7.38. The van der Waals surface area contributed by atoms with Crippen LogP contribution in [0.2, 0.25) is 0 Å². The van der Waals surface area contributed by atoms with Gasteiger partial charge in [0.1, 0.15) is 18.0 Å². The first-order valence-electron chi connectivity index (χ1n) is 28.5. The minimum Gasteiger partial charge on any atom is -0.508 e. The number of hydrogen-bond acceptors (Lipinski definition) is 11. The lowest BCUT2D eigenvalue weighted by Gasteiger charge is -2.56. The summed E-state index contributed by atoms with van der Waals surface area (Å²) in [7, 11) is 0. The zero-order chi connectivity index (χ0) is 55.9. The first-order chi connectivity index (χ1) is 37.3. The number of aliphatic imine (C=N–C) groups is 1. The van der Waals surface area contributed by atoms with E-state index in [1.165, 1.54) is 31.3 Å². The van der Waals surface area contributed by atoms with Crippen molar-refractivity contribution in [1.29, 1.82) is 0 Å². The number of aliphatic hydroxyl groups is 5. The molecule has 8 rings (SSSR count). The largest absolute Gasteiger partial charge is 0.508 e. The van der Waals surface area contributed by atoms with E-state index in [1.807, 2.05) is 67.6 Å². The molecule has 78 heavy (non-hydrogen) atoms. The Labute approximate surface area is 461 Å². The molecule has 11 unspecified atom stereocenters. The van der Waals surface area contributed by atoms with Crippen molar-refractivity contribution < 1.29 is 40.2 Å². The van der Waals surface area contributed by atoms with Gasteiger partial charge in [-0.05, 0) is 172 Å². The van der Waals surface area contributed by atoms with Crippen molar-refractivity contribution in [2.24, 2.45) is 51.3 Å². The maximum absolute atomic E-state index is 15.1. The highest BCUT2D eigenvalue weighted by atomic mass is 16.3. The summed E-state index contributed by atoms with van der Waals surface area (Å²) < 4.78 is 0. The van der Waals surface area contributed by atoms with Gasteiger partial charge in [0.05, 0.1) is 30.5 Å². The van der Waals surface area contributed by atoms with Gasteiger partial charge < -0.3 is 53.2 Å². The fourth-order valence-electron chi connectivity index (χ4n) is 14.3. The highest BCUT2D eigenvalue weighted by Gasteiger charge is 2.64. The maximum Gasteiger partial charge on any atom is 0.243 e. The van der Waals surface area contributed by atoms with Crippen molar-refractivity contribution in [2.75, 3.05) is 19.7 Å². The number of ketones is 1. The van der Waals surface area contributed by atoms with Crippen molar-refractivity contribution >= 4 is 17.6 Å². The van der Waals surface area contributed by atoms with Crippen LogP contribution in [0.25, 0.3) is 0 Å². The quantitative estimate of drug-likeness (QED) is 0.0367. The first-order valence-corrected chi connectivity index (χ1v) is 28.5. The number of benzene rings is 3. The molecule has 3 saturated carbocycles. The summed E-state index contributed by atoms with van der Waals surface area (Å²) in [5.74, 6) is -1.96. The van der Waals surface area contributed by atoms with Crippen LogP contribution >= 0.6 is 0 Å². The fourth-order valence-corrected chi connectivity index (χ4v) is 14.3. The number of fused-ring (bicyclic) bond motifs is 4. The number of hydrogen-bond donors (Lipinski definition) is 11. The third-order valence-corrected chi connectivity index (χ3v) is 18.7. The molecule has 14 heteroatoms. The third-order valence-electron chi connectivity index (χ3n) is 18.7. The molecule has 3 aliphatic carbocycles. The van der Waals surface area contributed by atoms with Gasteiger partial charge >= 0.3 is 0 Å². The first kappa shape index (κ1) is 58.4. The number of Topliss-reactive ketones (excluding diaryl/α,β-unsaturated/α-hetero) is 1. The lowest BCUT2D eigenvalue weighted by molar-refractivity contribution is -0.168. The number of carbonyl (C=O) groups excluding carboxylic acids is 2. The summed E-state index contributed by atoms with van der Waals surface area (Å²) in [6.07, 6.45) is 13.9. The smallest absolute Gasteiger partial charge is 0.243 e. The van der Waals surface area contributed by atoms with E-state index in [0.29, 0.717) is 85.1 Å². The average molecular weight is 1070 g/mol. The normalized spacial score (nSPS) is 30.2. The van der Waals surface area contributed by atoms with Crippen molar-refractivity contribution in [2.45, 2.75) is 159 Å². The highest BCUT2D eigenvalue weighted by Crippen LogP contribution is 2.63. The lowest BCUT2D eigenvalue weighted by Crippen LogP contribution is -2.59. The summed E-state index contributed by atoms with van der Waals surface area (Å²) in [6, 6.07) is 19.1. The molecule has 2 bridgehead atoms. The number of nitrogens with two attached hydrogens (primary N) is 3. The zero-order valence-corrected chi connectivity index (χ0v) is 46.0. The van der Waals surface area contributed by atoms with Crippen LogP contribution in [0.3, 0.4) is 0 Å². The third kappa shape index (κ3) is 13.0. The monoisotopic (exact) mass is 1070 g/mol. The Morgan fingerprint density at radius 1 is 0.949 bits per heavy atom. The van der Waals surface area contributed by atoms with E-state index in [9.17, 15) is 35.4 Å². The molecule has 14 N–H and O–H groups in total. The molecule has 3 fully saturated rings. The Kier molecular flexibility index (Phi) is 19.2. The van der Waals surface area contributed by atoms with E-state index in [4.69, 9.17) is 17.2 Å². The van der Waals surface area contributed by atoms with E-state index >= 15 is 4.79 Å². The number of carbonyl (C=O) groups is 2. The van der Waals surface area contributed by atoms with E-state index in [0.717, 1.165) is 40.7 Å². The SMILES string of the molecule is C=C(C=CC=C(CO)C1CCC2(C3CCC(O)Cc4cccc(c4)CC(C(CN=C(N)N)c4ccc(O)cc4)C(O)CNC4C(=O)NC(N)c5cccc(c54)CC(=O)C(C)=C3CCC2(C)O)C1O)CCC=C(C)C1CCCC1. The van der Waals surface area contributed by atoms with Gasteiger partial charge in [-0.3, -0.25) is 19.9 Å². The fraction of sp³-hybridized carbons (Fsp3) is 0.516. The Morgan fingerprint density at radius 3 is 2.38 bits per heavy atom. The van der Waals surface area contributed by atoms with Gasteiger partial charge in [0, 0.05) is 36.8 Å². The van der Waals surface area contributed by atoms with Crippen LogP contribution < -0.4 is 27.8 Å². The minimum atomic E-state index is -1.37. The number of aliphatic hydroxyl groups excluding tert-OH is 4. The van der Waals surface area contributed by atoms with Crippen molar-refractivity contribution in [3.05, 3.63) is 159 Å². The van der Waals surface area contributed by atoms with Crippen LogP contribution in [0.15, 0.2) is 130 Å². The number of allylic oxidation sites excluding steroid dienone is 8. The van der Waals surface area contributed by atoms with Gasteiger partial charge in [0.25, 0.3) is 0 Å². The van der Waals surface area contributed by atoms with Crippen LogP contribution in [0.4, 0.5) is 0 Å². The van der Waals surface area contributed by atoms with Crippen LogP contribution in [0.5, 0.6) is 5.75 Å². The molecule has 3 aromatic carbocycles. The average Bonchev–Trinajstić information content (AvgIpc) is 4.20. The predicted molar refractivity (Wildman–Crippen MR) is 307 cm³/mol. The molecular weight excluding hydrogens is 981 g/mol. The van der Waals surface area contributed by atoms with Gasteiger partial charge in [0.15, 0.2) is 11.7 Å². The van der Waals surface area contributed by atoms with Gasteiger partial charge in [0.2, 0.25) is 5.91 Å².